The third kappa shape index (κ3) is 6.88. The van der Waals surface area contributed by atoms with Crippen molar-refractivity contribution in [2.24, 2.45) is 0 Å². The minimum Gasteiger partial charge on any atom is -0.348 e. The van der Waals surface area contributed by atoms with E-state index in [9.17, 15) is 0 Å². The molecule has 1 heterocycles. The van der Waals surface area contributed by atoms with Gasteiger partial charge in [-0.25, -0.2) is 0 Å². The second kappa shape index (κ2) is 9.71. The van der Waals surface area contributed by atoms with Crippen LogP contribution in [0.5, 0.6) is 0 Å². The maximum absolute atomic E-state index is 2.79. The van der Waals surface area contributed by atoms with E-state index in [4.69, 9.17) is 0 Å². The first-order chi connectivity index (χ1) is 8.34. The molecule has 0 N–H and O–H groups in total. The molecule has 0 radical (unpaired) electrons. The SMILES string of the molecule is CCCCCCCCCCCn1cccc1P. The number of unbranched alkanes of at least 4 members (excludes halogenated alkanes) is 8. The highest BCUT2D eigenvalue weighted by Crippen LogP contribution is 2.10. The van der Waals surface area contributed by atoms with E-state index >= 15 is 0 Å². The van der Waals surface area contributed by atoms with E-state index in [2.05, 4.69) is 39.1 Å². The summed E-state index contributed by atoms with van der Waals surface area (Å²) >= 11 is 0. The second-order valence-electron chi connectivity index (χ2n) is 4.95. The van der Waals surface area contributed by atoms with Gasteiger partial charge in [0.05, 0.1) is 0 Å². The molecule has 0 fully saturated rings. The van der Waals surface area contributed by atoms with Crippen LogP contribution in [0.2, 0.25) is 0 Å². The zero-order valence-electron chi connectivity index (χ0n) is 11.3. The van der Waals surface area contributed by atoms with Crippen LogP contribution in [-0.2, 0) is 6.54 Å². The molecule has 17 heavy (non-hydrogen) atoms. The molecule has 1 unspecified atom stereocenters. The molecule has 98 valence electrons. The van der Waals surface area contributed by atoms with Gasteiger partial charge in [-0.3, -0.25) is 0 Å². The van der Waals surface area contributed by atoms with Crippen molar-refractivity contribution in [3.63, 3.8) is 0 Å². The third-order valence-electron chi connectivity index (χ3n) is 3.37. The lowest BCUT2D eigenvalue weighted by Crippen LogP contribution is -2.08. The fourth-order valence-electron chi connectivity index (χ4n) is 2.22. The summed E-state index contributed by atoms with van der Waals surface area (Å²) in [6.45, 7) is 3.46. The number of hydrogen-bond donors (Lipinski definition) is 0. The first kappa shape index (κ1) is 14.8. The highest BCUT2D eigenvalue weighted by molar-refractivity contribution is 7.27. The third-order valence-corrected chi connectivity index (χ3v) is 3.89. The molecule has 0 bridgehead atoms. The predicted octanol–water partition coefficient (Wildman–Crippen LogP) is 4.52. The van der Waals surface area contributed by atoms with Crippen molar-refractivity contribution in [2.75, 3.05) is 0 Å². The lowest BCUT2D eigenvalue weighted by atomic mass is 10.1. The Balaban J connectivity index is 1.86. The lowest BCUT2D eigenvalue weighted by molar-refractivity contribution is 0.542. The van der Waals surface area contributed by atoms with Gasteiger partial charge in [-0.2, -0.15) is 0 Å². The highest BCUT2D eigenvalue weighted by Gasteiger charge is 1.95. The first-order valence-electron chi connectivity index (χ1n) is 7.25. The highest BCUT2D eigenvalue weighted by atomic mass is 31.0. The van der Waals surface area contributed by atoms with Crippen LogP contribution >= 0.6 is 9.24 Å². The molecule has 0 aliphatic rings. The van der Waals surface area contributed by atoms with Gasteiger partial charge in [0, 0.05) is 18.2 Å². The van der Waals surface area contributed by atoms with Crippen molar-refractivity contribution in [3.8, 4) is 0 Å². The molecule has 0 spiro atoms. The van der Waals surface area contributed by atoms with Crippen molar-refractivity contribution in [1.82, 2.24) is 4.57 Å². The van der Waals surface area contributed by atoms with Gasteiger partial charge in [0.15, 0.2) is 0 Å². The van der Waals surface area contributed by atoms with Gasteiger partial charge < -0.3 is 4.57 Å². The number of aromatic nitrogens is 1. The van der Waals surface area contributed by atoms with Crippen LogP contribution in [0.25, 0.3) is 0 Å². The van der Waals surface area contributed by atoms with Gasteiger partial charge in [0.2, 0.25) is 0 Å². The van der Waals surface area contributed by atoms with Gasteiger partial charge >= 0.3 is 0 Å². The summed E-state index contributed by atoms with van der Waals surface area (Å²) in [7, 11) is 2.79. The van der Waals surface area contributed by atoms with Gasteiger partial charge in [0.25, 0.3) is 0 Å². The largest absolute Gasteiger partial charge is 0.348 e. The summed E-state index contributed by atoms with van der Waals surface area (Å²) < 4.78 is 2.33. The summed E-state index contributed by atoms with van der Waals surface area (Å²) in [5.41, 5.74) is 1.31. The fraction of sp³-hybridized carbons (Fsp3) is 0.733. The van der Waals surface area contributed by atoms with Gasteiger partial charge in [0.1, 0.15) is 0 Å². The second-order valence-corrected chi connectivity index (χ2v) is 5.55. The lowest BCUT2D eigenvalue weighted by Gasteiger charge is -2.05. The van der Waals surface area contributed by atoms with Crippen LogP contribution in [0.15, 0.2) is 18.3 Å². The Morgan fingerprint density at radius 3 is 2.06 bits per heavy atom. The topological polar surface area (TPSA) is 4.93 Å². The molecule has 0 amide bonds. The fourth-order valence-corrected chi connectivity index (χ4v) is 2.55. The Morgan fingerprint density at radius 1 is 0.941 bits per heavy atom. The predicted molar refractivity (Wildman–Crippen MR) is 81.0 cm³/mol. The molecule has 1 atom stereocenters. The summed E-state index contributed by atoms with van der Waals surface area (Å²) in [6, 6.07) is 4.27. The van der Waals surface area contributed by atoms with Crippen LogP contribution in [0.3, 0.4) is 0 Å². The van der Waals surface area contributed by atoms with E-state index in [1.54, 1.807) is 0 Å². The van der Waals surface area contributed by atoms with Crippen LogP contribution in [0, 0.1) is 0 Å². The van der Waals surface area contributed by atoms with Crippen LogP contribution in [-0.4, -0.2) is 4.57 Å². The van der Waals surface area contributed by atoms with Crippen molar-refractivity contribution in [2.45, 2.75) is 71.3 Å². The summed E-state index contributed by atoms with van der Waals surface area (Å²) in [4.78, 5) is 0. The molecule has 1 nitrogen and oxygen atoms in total. The number of hydrogen-bond acceptors (Lipinski definition) is 0. The summed E-state index contributed by atoms with van der Waals surface area (Å²) in [6.07, 6.45) is 14.8. The molecule has 1 aromatic heterocycles. The van der Waals surface area contributed by atoms with E-state index in [0.29, 0.717) is 0 Å². The maximum atomic E-state index is 2.79. The monoisotopic (exact) mass is 253 g/mol. The van der Waals surface area contributed by atoms with Crippen molar-refractivity contribution in [3.05, 3.63) is 18.3 Å². The van der Waals surface area contributed by atoms with E-state index in [1.165, 1.54) is 69.8 Å². The molecule has 2 heteroatoms. The van der Waals surface area contributed by atoms with E-state index in [-0.39, 0.29) is 0 Å². The molecule has 1 rings (SSSR count). The van der Waals surface area contributed by atoms with Crippen LogP contribution < -0.4 is 5.44 Å². The molecule has 0 saturated heterocycles. The van der Waals surface area contributed by atoms with E-state index in [1.807, 2.05) is 0 Å². The molecule has 0 aliphatic carbocycles. The number of aryl methyl sites for hydroxylation is 1. The molecular weight excluding hydrogens is 225 g/mol. The molecule has 0 aliphatic heterocycles. The normalized spacial score (nSPS) is 10.9. The minimum atomic E-state index is 1.18. The van der Waals surface area contributed by atoms with Gasteiger partial charge in [-0.15, -0.1) is 0 Å². The van der Waals surface area contributed by atoms with E-state index in [0.717, 1.165) is 0 Å². The Morgan fingerprint density at radius 2 is 1.53 bits per heavy atom. The smallest absolute Gasteiger partial charge is 0.0347 e. The quantitative estimate of drug-likeness (QED) is 0.427. The standard InChI is InChI=1S/C15H28NP/c1-2-3-4-5-6-7-8-9-10-13-16-14-11-12-15(16)17/h11-12,14H,2-10,13,17H2,1H3. The Kier molecular flexibility index (Phi) is 8.44. The van der Waals surface area contributed by atoms with Crippen LogP contribution in [0.1, 0.15) is 64.7 Å². The average Bonchev–Trinajstić information content (AvgIpc) is 2.73. The van der Waals surface area contributed by atoms with E-state index < -0.39 is 0 Å². The zero-order valence-corrected chi connectivity index (χ0v) is 12.5. The Bertz CT molecular complexity index is 280. The molecular formula is C15H28NP. The number of nitrogens with zero attached hydrogens (tertiary/aromatic N) is 1. The van der Waals surface area contributed by atoms with Crippen molar-refractivity contribution in [1.29, 1.82) is 0 Å². The molecule has 0 aromatic carbocycles. The average molecular weight is 253 g/mol. The maximum Gasteiger partial charge on any atom is 0.0347 e. The Hall–Kier alpha value is -0.290. The first-order valence-corrected chi connectivity index (χ1v) is 7.83. The minimum absolute atomic E-state index is 1.18. The van der Waals surface area contributed by atoms with Gasteiger partial charge in [-0.05, 0) is 18.6 Å². The van der Waals surface area contributed by atoms with Crippen molar-refractivity contribution >= 4 is 14.7 Å². The summed E-state index contributed by atoms with van der Waals surface area (Å²) in [5.74, 6) is 0. The summed E-state index contributed by atoms with van der Waals surface area (Å²) in [5, 5.41) is 0. The van der Waals surface area contributed by atoms with Crippen LogP contribution in [0.4, 0.5) is 0 Å². The number of rotatable bonds is 10. The van der Waals surface area contributed by atoms with Crippen molar-refractivity contribution < 1.29 is 0 Å². The molecule has 1 aromatic rings. The molecule has 0 saturated carbocycles. The Labute approximate surface area is 109 Å². The zero-order chi connectivity index (χ0) is 12.3. The van der Waals surface area contributed by atoms with Gasteiger partial charge in [-0.1, -0.05) is 67.5 Å².